The van der Waals surface area contributed by atoms with Gasteiger partial charge in [0, 0.05) is 82.2 Å². The standard InChI is InChI=1S/C15H13N3O7S.Na/c19-17(20)10-2-4-14-12(8-10)13-9-11(18(21)22)3-5-15(13)16(14)6-1-7-26(23,24)25;/h2-5,8-9H,1,6-7H2,(H,23,24,25);. The van der Waals surface area contributed by atoms with Gasteiger partial charge in [-0.3, -0.25) is 24.8 Å². The van der Waals surface area contributed by atoms with Gasteiger partial charge in [-0.05, 0) is 18.6 Å². The van der Waals surface area contributed by atoms with Crippen molar-refractivity contribution in [1.82, 2.24) is 4.57 Å². The summed E-state index contributed by atoms with van der Waals surface area (Å²) in [4.78, 5) is 21.0. The van der Waals surface area contributed by atoms with Crippen LogP contribution < -0.4 is 0 Å². The Hall–Kier alpha value is -2.05. The number of rotatable bonds is 6. The van der Waals surface area contributed by atoms with E-state index in [2.05, 4.69) is 0 Å². The molecule has 0 bridgehead atoms. The van der Waals surface area contributed by atoms with Crippen LogP contribution in [-0.2, 0) is 16.7 Å². The topological polar surface area (TPSA) is 146 Å². The molecule has 0 fully saturated rings. The monoisotopic (exact) mass is 402 g/mol. The Morgan fingerprint density at radius 1 is 0.926 bits per heavy atom. The van der Waals surface area contributed by atoms with E-state index < -0.39 is 25.7 Å². The van der Waals surface area contributed by atoms with E-state index in [1.54, 1.807) is 4.57 Å². The molecule has 0 amide bonds. The number of aryl methyl sites for hydroxylation is 1. The Kier molecular flexibility index (Phi) is 6.22. The molecule has 27 heavy (non-hydrogen) atoms. The van der Waals surface area contributed by atoms with Crippen LogP contribution in [0.1, 0.15) is 6.42 Å². The van der Waals surface area contributed by atoms with Crippen LogP contribution >= 0.6 is 0 Å². The van der Waals surface area contributed by atoms with E-state index in [-0.39, 0.29) is 53.9 Å². The van der Waals surface area contributed by atoms with Gasteiger partial charge in [0.2, 0.25) is 0 Å². The van der Waals surface area contributed by atoms with Crippen LogP contribution in [0.4, 0.5) is 11.4 Å². The predicted octanol–water partition coefficient (Wildman–Crippen LogP) is 2.51. The van der Waals surface area contributed by atoms with Gasteiger partial charge in [0.05, 0.1) is 15.6 Å². The summed E-state index contributed by atoms with van der Waals surface area (Å²) in [5, 5.41) is 23.0. The third-order valence-electron chi connectivity index (χ3n) is 4.04. The van der Waals surface area contributed by atoms with Gasteiger partial charge >= 0.3 is 0 Å². The molecule has 1 N–H and O–H groups in total. The smallest absolute Gasteiger partial charge is 0.270 e. The van der Waals surface area contributed by atoms with E-state index in [1.807, 2.05) is 0 Å². The zero-order valence-corrected chi connectivity index (χ0v) is 17.0. The second-order valence-corrected chi connectivity index (χ2v) is 7.28. The van der Waals surface area contributed by atoms with E-state index in [4.69, 9.17) is 4.55 Å². The van der Waals surface area contributed by atoms with Crippen molar-refractivity contribution in [2.45, 2.75) is 13.0 Å². The summed E-state index contributed by atoms with van der Waals surface area (Å²) in [6, 6.07) is 8.34. The molecule has 0 atom stereocenters. The van der Waals surface area contributed by atoms with E-state index in [9.17, 15) is 28.6 Å². The van der Waals surface area contributed by atoms with Crippen LogP contribution in [0.25, 0.3) is 21.8 Å². The van der Waals surface area contributed by atoms with Crippen LogP contribution in [0.2, 0.25) is 0 Å². The first-order chi connectivity index (χ1) is 12.2. The van der Waals surface area contributed by atoms with Gasteiger partial charge < -0.3 is 4.57 Å². The zero-order chi connectivity index (χ0) is 19.1. The van der Waals surface area contributed by atoms with E-state index >= 15 is 0 Å². The Balaban J connectivity index is 0.00000261. The van der Waals surface area contributed by atoms with E-state index in [1.165, 1.54) is 36.4 Å². The molecule has 3 rings (SSSR count). The Bertz CT molecular complexity index is 1090. The molecule has 137 valence electrons. The maximum atomic E-state index is 11.0. The minimum absolute atomic E-state index is 0. The van der Waals surface area contributed by atoms with Gasteiger partial charge in [-0.1, -0.05) is 0 Å². The Morgan fingerprint density at radius 3 is 1.74 bits per heavy atom. The third kappa shape index (κ3) is 4.45. The van der Waals surface area contributed by atoms with Crippen LogP contribution in [0, 0.1) is 20.2 Å². The van der Waals surface area contributed by atoms with Crippen molar-refractivity contribution in [2.24, 2.45) is 0 Å². The number of hydrogen-bond acceptors (Lipinski definition) is 6. The number of benzene rings is 2. The molecule has 0 saturated heterocycles. The minimum Gasteiger partial charge on any atom is -0.340 e. The average molecular weight is 402 g/mol. The number of nitrogens with zero attached hydrogens (tertiary/aromatic N) is 3. The van der Waals surface area contributed by atoms with Crippen LogP contribution in [0.3, 0.4) is 0 Å². The van der Waals surface area contributed by atoms with Gasteiger partial charge in [0.1, 0.15) is 0 Å². The molecule has 0 aliphatic heterocycles. The summed E-state index contributed by atoms with van der Waals surface area (Å²) in [6.07, 6.45) is 0.117. The number of aromatic nitrogens is 1. The molecule has 0 aliphatic carbocycles. The Morgan fingerprint density at radius 2 is 1.37 bits per heavy atom. The summed E-state index contributed by atoms with van der Waals surface area (Å²) in [5.74, 6) is -0.436. The SMILES string of the molecule is O=[N+]([O-])c1ccc2c(c1)c1cc([N+](=O)[O-])ccc1n2CCCS(=O)(=O)O.[Na]. The van der Waals surface area contributed by atoms with Crippen molar-refractivity contribution in [3.63, 3.8) is 0 Å². The molecule has 1 heterocycles. The normalized spacial score (nSPS) is 11.4. The molecule has 10 nitrogen and oxygen atoms in total. The van der Waals surface area contributed by atoms with Crippen LogP contribution in [0.15, 0.2) is 36.4 Å². The molecule has 2 aromatic carbocycles. The fraction of sp³-hybridized carbons (Fsp3) is 0.200. The zero-order valence-electron chi connectivity index (χ0n) is 14.2. The van der Waals surface area contributed by atoms with Gasteiger partial charge in [-0.15, -0.1) is 0 Å². The van der Waals surface area contributed by atoms with Crippen molar-refractivity contribution in [3.8, 4) is 0 Å². The van der Waals surface area contributed by atoms with Crippen molar-refractivity contribution in [3.05, 3.63) is 56.6 Å². The fourth-order valence-electron chi connectivity index (χ4n) is 2.95. The first-order valence-electron chi connectivity index (χ1n) is 7.47. The molecule has 1 radical (unpaired) electrons. The van der Waals surface area contributed by atoms with Gasteiger partial charge in [0.15, 0.2) is 0 Å². The fourth-order valence-corrected chi connectivity index (χ4v) is 3.45. The molecule has 0 saturated carbocycles. The molecule has 12 heteroatoms. The number of fused-ring (bicyclic) bond motifs is 3. The molecule has 3 aromatic rings. The largest absolute Gasteiger partial charge is 0.340 e. The van der Waals surface area contributed by atoms with E-state index in [0.29, 0.717) is 21.8 Å². The van der Waals surface area contributed by atoms with Crippen LogP contribution in [0.5, 0.6) is 0 Å². The molecule has 0 aliphatic rings. The van der Waals surface area contributed by atoms with Crippen molar-refractivity contribution in [2.75, 3.05) is 5.75 Å². The third-order valence-corrected chi connectivity index (χ3v) is 4.84. The molecular formula is C15H13N3NaO7S. The quantitative estimate of drug-likeness (QED) is 0.288. The number of nitro benzene ring substituents is 2. The van der Waals surface area contributed by atoms with Crippen LogP contribution in [-0.4, -0.2) is 62.7 Å². The first kappa shape index (κ1) is 21.3. The summed E-state index contributed by atoms with van der Waals surface area (Å²) in [6.45, 7) is 0.218. The van der Waals surface area contributed by atoms with Gasteiger partial charge in [-0.25, -0.2) is 0 Å². The predicted molar refractivity (Wildman–Crippen MR) is 99.5 cm³/mol. The number of non-ortho nitro benzene ring substituents is 2. The number of nitro groups is 2. The van der Waals surface area contributed by atoms with Crippen molar-refractivity contribution < 1.29 is 22.8 Å². The van der Waals surface area contributed by atoms with Gasteiger partial charge in [0.25, 0.3) is 21.5 Å². The second-order valence-electron chi connectivity index (χ2n) is 5.71. The van der Waals surface area contributed by atoms with Gasteiger partial charge in [-0.2, -0.15) is 8.42 Å². The summed E-state index contributed by atoms with van der Waals surface area (Å²) in [7, 11) is -4.11. The van der Waals surface area contributed by atoms with Crippen molar-refractivity contribution in [1.29, 1.82) is 0 Å². The summed E-state index contributed by atoms with van der Waals surface area (Å²) in [5.41, 5.74) is 0.866. The van der Waals surface area contributed by atoms with E-state index in [0.717, 1.165) is 0 Å². The Labute approximate surface area is 175 Å². The summed E-state index contributed by atoms with van der Waals surface area (Å²) >= 11 is 0. The first-order valence-corrected chi connectivity index (χ1v) is 9.08. The molecular weight excluding hydrogens is 389 g/mol. The van der Waals surface area contributed by atoms with Crippen molar-refractivity contribution >= 4 is 72.9 Å². The average Bonchev–Trinajstić information content (AvgIpc) is 2.86. The minimum atomic E-state index is -4.11. The maximum Gasteiger partial charge on any atom is 0.270 e. The molecule has 0 unspecified atom stereocenters. The molecule has 1 aromatic heterocycles. The second kappa shape index (κ2) is 7.90. The number of hydrogen-bond donors (Lipinski definition) is 1. The molecule has 0 spiro atoms. The summed E-state index contributed by atoms with van der Waals surface area (Å²) < 4.78 is 32.5. The maximum absolute atomic E-state index is 11.0.